The minimum Gasteiger partial charge on any atom is -0.494 e. The molecule has 4 heterocycles. The molecule has 4 fully saturated rings. The normalized spacial score (nSPS) is 28.6. The summed E-state index contributed by atoms with van der Waals surface area (Å²) in [6, 6.07) is 24.9. The second-order valence-electron chi connectivity index (χ2n) is 25.3. The first kappa shape index (κ1) is 70.1. The van der Waals surface area contributed by atoms with Crippen LogP contribution in [0.2, 0.25) is 0 Å². The van der Waals surface area contributed by atoms with Gasteiger partial charge in [0.15, 0.2) is 0 Å². The number of esters is 3. The van der Waals surface area contributed by atoms with Crippen molar-refractivity contribution in [2.45, 2.75) is 192 Å². The molecule has 90 heavy (non-hydrogen) atoms. The van der Waals surface area contributed by atoms with Crippen LogP contribution in [0.5, 0.6) is 5.75 Å². The molecule has 4 amide bonds. The summed E-state index contributed by atoms with van der Waals surface area (Å²) in [6.45, 7) is 6.14. The van der Waals surface area contributed by atoms with E-state index in [1.165, 1.54) is 14.2 Å². The van der Waals surface area contributed by atoms with Crippen molar-refractivity contribution >= 4 is 58.9 Å². The zero-order valence-electron chi connectivity index (χ0n) is 53.1. The molecule has 4 aliphatic heterocycles. The van der Waals surface area contributed by atoms with E-state index in [-0.39, 0.29) is 44.8 Å². The second kappa shape index (κ2) is 33.6. The Kier molecular flexibility index (Phi) is 26.2. The average Bonchev–Trinajstić information content (AvgIpc) is 0.845. The average molecular weight is 1250 g/mol. The molecule has 1 aliphatic carbocycles. The maximum absolute atomic E-state index is 13.8. The Morgan fingerprint density at radius 1 is 0.678 bits per heavy atom. The van der Waals surface area contributed by atoms with Gasteiger partial charge in [-0.3, -0.25) is 47.9 Å². The maximum Gasteiger partial charge on any atom is 0.325 e. The van der Waals surface area contributed by atoms with Gasteiger partial charge in [0.2, 0.25) is 35.1 Å². The van der Waals surface area contributed by atoms with Crippen LogP contribution in [0.25, 0.3) is 0 Å². The number of hydrogen-bond acceptors (Lipinski definition) is 17. The highest BCUT2D eigenvalue weighted by Crippen LogP contribution is 2.39. The molecular formula is C69H92N4O17. The lowest BCUT2D eigenvalue weighted by molar-refractivity contribution is -0.267. The van der Waals surface area contributed by atoms with Gasteiger partial charge in [-0.1, -0.05) is 105 Å². The topological polar surface area (TPSA) is 277 Å². The van der Waals surface area contributed by atoms with Crippen molar-refractivity contribution in [1.82, 2.24) is 20.4 Å². The molecule has 10 atom stereocenters. The standard InChI is InChI=1S/C35H44O7.C34H48N4O10/c1-35(2)24-41-31(36)19-8-3-4-11-22-40-27-16-12-15-26(23-27)30(21-20-25-13-6-5-7-14-25)42-34(39)29-18-10-9-17-28(29)32(37)33(35)38;1-21-13-15-24-18-27(46-4)22(2)47-29(40)20-37(3)28(39)19-35-31(42)25(16-14-23-10-6-5-7-11-23)36-32(43)26-12-8-9-17-38(26)33(44)30(41)34(21,45)48-24/h5-7,12-16,23,28-30H,3-4,8-11,17-22,24H2,1-2H3;5-7,10-11,21-22,24-27,45H,8-9,12-20H2,1-4H3,(H,35,42)(H,36,43)/t28?,29-,30-;21-,22+,24?,25-,26+,27?,34?/m11/s1. The number of aryl methyl sites for hydroxylation is 2. The van der Waals surface area contributed by atoms with Crippen LogP contribution < -0.4 is 15.4 Å². The van der Waals surface area contributed by atoms with Crippen LogP contribution in [0.4, 0.5) is 0 Å². The predicted octanol–water partition coefficient (Wildman–Crippen LogP) is 7.24. The number of nitrogens with one attached hydrogen (secondary N) is 2. The zero-order chi connectivity index (χ0) is 65.0. The highest BCUT2D eigenvalue weighted by Gasteiger charge is 2.53. The first-order chi connectivity index (χ1) is 43.1. The number of amides is 4. The highest BCUT2D eigenvalue weighted by atomic mass is 16.6. The number of ether oxygens (including phenoxy) is 6. The van der Waals surface area contributed by atoms with Gasteiger partial charge in [-0.15, -0.1) is 0 Å². The van der Waals surface area contributed by atoms with Crippen LogP contribution in [-0.2, 0) is 84.5 Å². The molecule has 0 spiro atoms. The van der Waals surface area contributed by atoms with Crippen molar-refractivity contribution in [3.63, 3.8) is 0 Å². The third-order valence-electron chi connectivity index (χ3n) is 18.0. The molecular weight excluding hydrogens is 1160 g/mol. The Morgan fingerprint density at radius 2 is 1.34 bits per heavy atom. The van der Waals surface area contributed by atoms with Gasteiger partial charge in [-0.25, -0.2) is 0 Å². The summed E-state index contributed by atoms with van der Waals surface area (Å²) in [5, 5.41) is 16.9. The summed E-state index contributed by atoms with van der Waals surface area (Å²) < 4.78 is 34.7. The molecule has 0 radical (unpaired) electrons. The Hall–Kier alpha value is -7.36. The van der Waals surface area contributed by atoms with Crippen LogP contribution in [0.1, 0.15) is 160 Å². The van der Waals surface area contributed by atoms with Crippen LogP contribution >= 0.6 is 0 Å². The van der Waals surface area contributed by atoms with Crippen LogP contribution in [0, 0.1) is 23.2 Å². The molecule has 3 saturated heterocycles. The minimum absolute atomic E-state index is 0.104. The molecule has 4 bridgehead atoms. The number of likely N-dealkylation sites (N-methyl/N-ethyl adjacent to an activating group) is 1. The molecule has 490 valence electrons. The van der Waals surface area contributed by atoms with Crippen molar-refractivity contribution in [3.8, 4) is 5.75 Å². The fraction of sp³-hybridized carbons (Fsp3) is 0.594. The predicted molar refractivity (Wildman–Crippen MR) is 330 cm³/mol. The number of piperidine rings is 1. The number of benzene rings is 3. The number of carbonyl (C=O) groups excluding carboxylic acids is 10. The van der Waals surface area contributed by atoms with Crippen molar-refractivity contribution in [1.29, 1.82) is 0 Å². The van der Waals surface area contributed by atoms with E-state index < -0.39 is 131 Å². The largest absolute Gasteiger partial charge is 0.494 e. The number of rotatable bonds is 7. The summed E-state index contributed by atoms with van der Waals surface area (Å²) in [5.41, 5.74) is 1.74. The lowest BCUT2D eigenvalue weighted by atomic mass is 9.72. The van der Waals surface area contributed by atoms with Crippen LogP contribution in [-0.4, -0.2) is 157 Å². The van der Waals surface area contributed by atoms with Crippen LogP contribution in [0.15, 0.2) is 84.9 Å². The van der Waals surface area contributed by atoms with Gasteiger partial charge >= 0.3 is 17.9 Å². The van der Waals surface area contributed by atoms with Crippen molar-refractivity contribution < 1.29 is 81.5 Å². The Bertz CT molecular complexity index is 2960. The fourth-order valence-electron chi connectivity index (χ4n) is 12.3. The Morgan fingerprint density at radius 3 is 2.04 bits per heavy atom. The molecule has 1 saturated carbocycles. The molecule has 21 heteroatoms. The minimum atomic E-state index is -2.45. The number of carbonyl (C=O) groups is 10. The third kappa shape index (κ3) is 19.6. The van der Waals surface area contributed by atoms with Gasteiger partial charge < -0.3 is 54.0 Å². The molecule has 8 rings (SSSR count). The maximum atomic E-state index is 13.8. The van der Waals surface area contributed by atoms with Gasteiger partial charge in [-0.2, -0.15) is 0 Å². The zero-order valence-corrected chi connectivity index (χ0v) is 53.1. The van der Waals surface area contributed by atoms with Gasteiger partial charge in [0.05, 0.1) is 36.7 Å². The summed E-state index contributed by atoms with van der Waals surface area (Å²) in [6.07, 6.45) is 7.58. The SMILES string of the molecule is CC1(C)COC(=O)CCCCCCOc2cccc(c2)[C@@H](CCc2ccccc2)OC(=O)[C@@H]2CCCCC2C(=O)C1=O.COC1CC2CC[C@@H](C)C(O)(O2)C(=O)C(=O)N2CCCC[C@H]2C(=O)N[C@H](CCc2ccccc2)C(=O)NCC(=O)N(C)CC(=O)O[C@H]1C. The van der Waals surface area contributed by atoms with Crippen LogP contribution in [0.3, 0.4) is 0 Å². The smallest absolute Gasteiger partial charge is 0.325 e. The summed E-state index contributed by atoms with van der Waals surface area (Å²) >= 11 is 0. The summed E-state index contributed by atoms with van der Waals surface area (Å²) in [7, 11) is 2.83. The molecule has 3 aromatic rings. The monoisotopic (exact) mass is 1250 g/mol. The number of aliphatic hydroxyl groups is 1. The van der Waals surface area contributed by atoms with Crippen molar-refractivity contribution in [2.75, 3.05) is 47.0 Å². The van der Waals surface area contributed by atoms with E-state index >= 15 is 0 Å². The number of nitrogens with zero attached hydrogens (tertiary/aromatic N) is 2. The summed E-state index contributed by atoms with van der Waals surface area (Å²) in [4.78, 5) is 136. The van der Waals surface area contributed by atoms with Crippen molar-refractivity contribution in [3.05, 3.63) is 102 Å². The first-order valence-electron chi connectivity index (χ1n) is 32.1. The lowest BCUT2D eigenvalue weighted by Gasteiger charge is -2.43. The van der Waals surface area contributed by atoms with E-state index in [1.54, 1.807) is 27.7 Å². The van der Waals surface area contributed by atoms with E-state index in [0.717, 1.165) is 58.6 Å². The number of methoxy groups -OCH3 is 1. The first-order valence-corrected chi connectivity index (χ1v) is 32.1. The Labute approximate surface area is 528 Å². The number of ketones is 3. The van der Waals surface area contributed by atoms with Gasteiger partial charge in [0, 0.05) is 45.4 Å². The van der Waals surface area contributed by atoms with E-state index in [0.29, 0.717) is 76.6 Å². The van der Waals surface area contributed by atoms with Gasteiger partial charge in [0.25, 0.3) is 11.7 Å². The number of fused-ring (bicyclic) bond motifs is 6. The molecule has 21 nitrogen and oxygen atoms in total. The van der Waals surface area contributed by atoms with Gasteiger partial charge in [0.1, 0.15) is 43.2 Å². The molecule has 3 N–H and O–H groups in total. The summed E-state index contributed by atoms with van der Waals surface area (Å²) in [5.74, 6) is -10.6. The van der Waals surface area contributed by atoms with E-state index in [1.807, 2.05) is 72.8 Å². The van der Waals surface area contributed by atoms with Crippen molar-refractivity contribution in [2.24, 2.45) is 23.2 Å². The van der Waals surface area contributed by atoms with E-state index in [2.05, 4.69) is 22.8 Å². The highest BCUT2D eigenvalue weighted by molar-refractivity contribution is 6.40. The number of cyclic esters (lactones) is 3. The van der Waals surface area contributed by atoms with Gasteiger partial charge in [-0.05, 0) is 133 Å². The number of Topliss-reactive ketones (excluding diaryl/α,β-unsaturated/α-hetero) is 3. The van der Waals surface area contributed by atoms with E-state index in [9.17, 15) is 53.1 Å². The second-order valence-corrected chi connectivity index (χ2v) is 25.3. The number of hydrogen-bond donors (Lipinski definition) is 3. The molecule has 4 unspecified atom stereocenters. The molecule has 5 aliphatic rings. The van der Waals surface area contributed by atoms with E-state index in [4.69, 9.17) is 28.4 Å². The molecule has 3 aromatic carbocycles. The molecule has 0 aromatic heterocycles. The Balaban J connectivity index is 0.000000258. The lowest BCUT2D eigenvalue weighted by Crippen LogP contribution is -2.62. The third-order valence-corrected chi connectivity index (χ3v) is 18.0. The quantitative estimate of drug-likeness (QED) is 0.119. The fourth-order valence-corrected chi connectivity index (χ4v) is 12.3.